The van der Waals surface area contributed by atoms with Gasteiger partial charge in [-0.1, -0.05) is 36.4 Å². The zero-order valence-electron chi connectivity index (χ0n) is 15.7. The SMILES string of the molecule is O=C(NCc1nc2ccccc2s1)NCc1ccccc1CN1CCOCC1. The Labute approximate surface area is 168 Å². The van der Waals surface area contributed by atoms with Gasteiger partial charge in [-0.05, 0) is 23.3 Å². The van der Waals surface area contributed by atoms with Crippen LogP contribution in [0.15, 0.2) is 48.5 Å². The van der Waals surface area contributed by atoms with Crippen molar-refractivity contribution in [2.24, 2.45) is 0 Å². The number of thiazole rings is 1. The van der Waals surface area contributed by atoms with Gasteiger partial charge < -0.3 is 15.4 Å². The van der Waals surface area contributed by atoms with Gasteiger partial charge in [0, 0.05) is 26.2 Å². The molecule has 7 heteroatoms. The molecule has 6 nitrogen and oxygen atoms in total. The Balaban J connectivity index is 1.29. The molecule has 2 amide bonds. The largest absolute Gasteiger partial charge is 0.379 e. The average Bonchev–Trinajstić information content (AvgIpc) is 3.15. The number of ether oxygens (including phenoxy) is 1. The molecule has 28 heavy (non-hydrogen) atoms. The van der Waals surface area contributed by atoms with Crippen LogP contribution in [0.3, 0.4) is 0 Å². The summed E-state index contributed by atoms with van der Waals surface area (Å²) in [6, 6.07) is 16.1. The smallest absolute Gasteiger partial charge is 0.315 e. The Morgan fingerprint density at radius 2 is 1.71 bits per heavy atom. The summed E-state index contributed by atoms with van der Waals surface area (Å²) in [4.78, 5) is 19.2. The van der Waals surface area contributed by atoms with Gasteiger partial charge in [0.1, 0.15) is 5.01 Å². The summed E-state index contributed by atoms with van der Waals surface area (Å²) in [5.74, 6) is 0. The zero-order valence-corrected chi connectivity index (χ0v) is 16.5. The van der Waals surface area contributed by atoms with Crippen LogP contribution in [-0.4, -0.2) is 42.2 Å². The highest BCUT2D eigenvalue weighted by Gasteiger charge is 2.13. The third-order valence-corrected chi connectivity index (χ3v) is 5.83. The topological polar surface area (TPSA) is 66.5 Å². The number of carbonyl (C=O) groups excluding carboxylic acids is 1. The maximum atomic E-state index is 12.2. The highest BCUT2D eigenvalue weighted by atomic mass is 32.1. The summed E-state index contributed by atoms with van der Waals surface area (Å²) in [6.45, 7) is 5.29. The number of hydrogen-bond donors (Lipinski definition) is 2. The van der Waals surface area contributed by atoms with Gasteiger partial charge in [0.25, 0.3) is 0 Å². The lowest BCUT2D eigenvalue weighted by Crippen LogP contribution is -2.37. The molecule has 2 aromatic carbocycles. The van der Waals surface area contributed by atoms with Crippen LogP contribution in [0.5, 0.6) is 0 Å². The first kappa shape index (κ1) is 18.9. The maximum Gasteiger partial charge on any atom is 0.315 e. The van der Waals surface area contributed by atoms with Crippen LogP contribution in [0.2, 0.25) is 0 Å². The summed E-state index contributed by atoms with van der Waals surface area (Å²) >= 11 is 1.61. The molecule has 0 aliphatic carbocycles. The Morgan fingerprint density at radius 3 is 2.54 bits per heavy atom. The first-order valence-corrected chi connectivity index (χ1v) is 10.3. The molecule has 3 aromatic rings. The fourth-order valence-corrected chi connectivity index (χ4v) is 4.18. The minimum Gasteiger partial charge on any atom is -0.379 e. The van der Waals surface area contributed by atoms with Crippen LogP contribution in [0.4, 0.5) is 4.79 Å². The predicted octanol–water partition coefficient (Wildman–Crippen LogP) is 3.13. The molecule has 0 radical (unpaired) electrons. The van der Waals surface area contributed by atoms with E-state index in [1.165, 1.54) is 5.56 Å². The normalized spacial score (nSPS) is 14.9. The van der Waals surface area contributed by atoms with E-state index in [1.54, 1.807) is 11.3 Å². The predicted molar refractivity (Wildman–Crippen MR) is 111 cm³/mol. The monoisotopic (exact) mass is 396 g/mol. The van der Waals surface area contributed by atoms with Crippen molar-refractivity contribution in [2.75, 3.05) is 26.3 Å². The Kier molecular flexibility index (Phi) is 6.16. The Hall–Kier alpha value is -2.48. The average molecular weight is 397 g/mol. The molecule has 1 aliphatic rings. The molecule has 0 saturated carbocycles. The van der Waals surface area contributed by atoms with Crippen LogP contribution in [0.25, 0.3) is 10.2 Å². The van der Waals surface area contributed by atoms with Crippen molar-refractivity contribution in [1.29, 1.82) is 0 Å². The number of urea groups is 1. The van der Waals surface area contributed by atoms with Gasteiger partial charge in [0.05, 0.1) is 30.0 Å². The van der Waals surface area contributed by atoms with E-state index >= 15 is 0 Å². The van der Waals surface area contributed by atoms with Gasteiger partial charge in [0.15, 0.2) is 0 Å². The minimum absolute atomic E-state index is 0.180. The molecule has 4 rings (SSSR count). The molecule has 1 fully saturated rings. The number of fused-ring (bicyclic) bond motifs is 1. The van der Waals surface area contributed by atoms with Crippen molar-refractivity contribution < 1.29 is 9.53 Å². The Bertz CT molecular complexity index is 904. The summed E-state index contributed by atoms with van der Waals surface area (Å²) in [5.41, 5.74) is 3.36. The quantitative estimate of drug-likeness (QED) is 0.672. The van der Waals surface area contributed by atoms with E-state index < -0.39 is 0 Å². The second-order valence-electron chi connectivity index (χ2n) is 6.77. The van der Waals surface area contributed by atoms with E-state index in [0.29, 0.717) is 13.1 Å². The summed E-state index contributed by atoms with van der Waals surface area (Å²) in [5, 5.41) is 6.77. The van der Waals surface area contributed by atoms with E-state index in [2.05, 4.69) is 32.7 Å². The van der Waals surface area contributed by atoms with Crippen LogP contribution >= 0.6 is 11.3 Å². The van der Waals surface area contributed by atoms with Gasteiger partial charge in [-0.25, -0.2) is 9.78 Å². The van der Waals surface area contributed by atoms with Crippen LogP contribution in [0, 0.1) is 0 Å². The summed E-state index contributed by atoms with van der Waals surface area (Å²) in [6.07, 6.45) is 0. The second kappa shape index (κ2) is 9.14. The Morgan fingerprint density at radius 1 is 1.00 bits per heavy atom. The number of morpholine rings is 1. The molecule has 1 saturated heterocycles. The lowest BCUT2D eigenvalue weighted by atomic mass is 10.1. The van der Waals surface area contributed by atoms with Crippen molar-refractivity contribution in [1.82, 2.24) is 20.5 Å². The van der Waals surface area contributed by atoms with Crippen LogP contribution in [0.1, 0.15) is 16.1 Å². The van der Waals surface area contributed by atoms with Crippen molar-refractivity contribution in [3.05, 3.63) is 64.7 Å². The van der Waals surface area contributed by atoms with Gasteiger partial charge in [-0.15, -0.1) is 11.3 Å². The standard InChI is InChI=1S/C21H24N4O2S/c26-21(23-14-20-24-18-7-3-4-8-19(18)28-20)22-13-16-5-1-2-6-17(16)15-25-9-11-27-12-10-25/h1-8H,9-15H2,(H2,22,23,26). The molecule has 0 atom stereocenters. The van der Waals surface area contributed by atoms with Crippen molar-refractivity contribution in [3.8, 4) is 0 Å². The first-order chi connectivity index (χ1) is 13.8. The molecule has 146 valence electrons. The first-order valence-electron chi connectivity index (χ1n) is 9.51. The van der Waals surface area contributed by atoms with Crippen molar-refractivity contribution >= 4 is 27.6 Å². The molecule has 0 spiro atoms. The molecular weight excluding hydrogens is 372 g/mol. The number of nitrogens with zero attached hydrogens (tertiary/aromatic N) is 2. The number of rotatable bonds is 6. The van der Waals surface area contributed by atoms with Gasteiger partial charge in [-0.3, -0.25) is 4.90 Å². The zero-order chi connectivity index (χ0) is 19.2. The van der Waals surface area contributed by atoms with E-state index in [1.807, 2.05) is 36.4 Å². The van der Waals surface area contributed by atoms with Gasteiger partial charge in [0.2, 0.25) is 0 Å². The van der Waals surface area contributed by atoms with Gasteiger partial charge in [-0.2, -0.15) is 0 Å². The molecule has 2 N–H and O–H groups in total. The number of amides is 2. The van der Waals surface area contributed by atoms with Gasteiger partial charge >= 0.3 is 6.03 Å². The molecule has 2 heterocycles. The summed E-state index contributed by atoms with van der Waals surface area (Å²) < 4.78 is 6.55. The number of nitrogens with one attached hydrogen (secondary N) is 2. The minimum atomic E-state index is -0.180. The fraction of sp³-hybridized carbons (Fsp3) is 0.333. The van der Waals surface area contributed by atoms with E-state index in [4.69, 9.17) is 4.74 Å². The number of carbonyl (C=O) groups is 1. The third-order valence-electron chi connectivity index (χ3n) is 4.79. The number of para-hydroxylation sites is 1. The lowest BCUT2D eigenvalue weighted by molar-refractivity contribution is 0.0341. The third kappa shape index (κ3) is 4.86. The van der Waals surface area contributed by atoms with Crippen molar-refractivity contribution in [2.45, 2.75) is 19.6 Å². The molecule has 1 aromatic heterocycles. The molecule has 1 aliphatic heterocycles. The van der Waals surface area contributed by atoms with Crippen LogP contribution in [-0.2, 0) is 24.4 Å². The highest BCUT2D eigenvalue weighted by Crippen LogP contribution is 2.21. The van der Waals surface area contributed by atoms with E-state index in [9.17, 15) is 4.79 Å². The van der Waals surface area contributed by atoms with Crippen LogP contribution < -0.4 is 10.6 Å². The fourth-order valence-electron chi connectivity index (χ4n) is 3.27. The molecule has 0 unspecified atom stereocenters. The molecule has 0 bridgehead atoms. The molecular formula is C21H24N4O2S. The lowest BCUT2D eigenvalue weighted by Gasteiger charge is -2.27. The number of aromatic nitrogens is 1. The number of hydrogen-bond acceptors (Lipinski definition) is 5. The number of benzene rings is 2. The van der Waals surface area contributed by atoms with E-state index in [-0.39, 0.29) is 6.03 Å². The summed E-state index contributed by atoms with van der Waals surface area (Å²) in [7, 11) is 0. The second-order valence-corrected chi connectivity index (χ2v) is 7.88. The van der Waals surface area contributed by atoms with E-state index in [0.717, 1.165) is 53.6 Å². The highest BCUT2D eigenvalue weighted by molar-refractivity contribution is 7.18. The van der Waals surface area contributed by atoms with Crippen molar-refractivity contribution in [3.63, 3.8) is 0 Å². The maximum absolute atomic E-state index is 12.2.